The quantitative estimate of drug-likeness (QED) is 0.759. The van der Waals surface area contributed by atoms with Crippen molar-refractivity contribution in [2.45, 2.75) is 57.0 Å². The molecule has 0 aliphatic carbocycles. The Hall–Kier alpha value is -1.96. The predicted molar refractivity (Wildman–Crippen MR) is 98.2 cm³/mol. The Morgan fingerprint density at radius 1 is 1.21 bits per heavy atom. The van der Waals surface area contributed by atoms with Crippen LogP contribution in [-0.4, -0.2) is 60.5 Å². The number of carbonyl (C=O) groups is 1. The summed E-state index contributed by atoms with van der Waals surface area (Å²) in [6.07, 6.45) is -3.90. The van der Waals surface area contributed by atoms with Crippen LogP contribution in [0.2, 0.25) is 0 Å². The smallest absolute Gasteiger partial charge is 0.425 e. The topological polar surface area (TPSA) is 42.0 Å². The maximum Gasteiger partial charge on any atom is 0.425 e. The molecule has 1 aromatic carbocycles. The van der Waals surface area contributed by atoms with Crippen LogP contribution in [0, 0.1) is 0 Å². The minimum atomic E-state index is -4.54. The lowest BCUT2D eigenvalue weighted by molar-refractivity contribution is -0.200. The van der Waals surface area contributed by atoms with Gasteiger partial charge in [-0.25, -0.2) is 4.79 Å². The number of benzene rings is 1. The molecule has 156 valence electrons. The summed E-state index contributed by atoms with van der Waals surface area (Å²) in [7, 11) is 1.64. The first-order chi connectivity index (χ1) is 13.2. The van der Waals surface area contributed by atoms with E-state index >= 15 is 0 Å². The molecule has 2 saturated heterocycles. The number of carbonyl (C=O) groups excluding carboxylic acids is 1. The molecule has 1 amide bonds. The highest BCUT2D eigenvalue weighted by atomic mass is 19.4. The largest absolute Gasteiger partial charge is 0.497 e. The van der Waals surface area contributed by atoms with Crippen LogP contribution in [0.15, 0.2) is 24.3 Å². The summed E-state index contributed by atoms with van der Waals surface area (Å²) in [5.41, 5.74) is 1.16. The summed E-state index contributed by atoms with van der Waals surface area (Å²) < 4.78 is 47.7. The molecule has 2 aliphatic rings. The van der Waals surface area contributed by atoms with Crippen LogP contribution in [0.25, 0.3) is 0 Å². The Balaban J connectivity index is 1.59. The molecule has 1 spiro atoms. The number of ether oxygens (including phenoxy) is 2. The van der Waals surface area contributed by atoms with Gasteiger partial charge in [0, 0.05) is 25.2 Å². The molecule has 0 aromatic heterocycles. The Morgan fingerprint density at radius 2 is 1.93 bits per heavy atom. The van der Waals surface area contributed by atoms with E-state index in [1.54, 1.807) is 7.11 Å². The van der Waals surface area contributed by atoms with E-state index in [1.165, 1.54) is 10.5 Å². The fraction of sp³-hybridized carbons (Fsp3) is 0.650. The normalized spacial score (nSPS) is 21.0. The third kappa shape index (κ3) is 4.54. The van der Waals surface area contributed by atoms with Gasteiger partial charge >= 0.3 is 12.3 Å². The van der Waals surface area contributed by atoms with Crippen molar-refractivity contribution in [2.24, 2.45) is 0 Å². The summed E-state index contributed by atoms with van der Waals surface area (Å²) in [6, 6.07) is 7.98. The molecule has 0 bridgehead atoms. The van der Waals surface area contributed by atoms with Crippen molar-refractivity contribution < 1.29 is 27.4 Å². The van der Waals surface area contributed by atoms with E-state index in [9.17, 15) is 18.0 Å². The van der Waals surface area contributed by atoms with Gasteiger partial charge in [-0.15, -0.1) is 0 Å². The first kappa shape index (κ1) is 20.8. The zero-order valence-electron chi connectivity index (χ0n) is 16.3. The summed E-state index contributed by atoms with van der Waals surface area (Å²) in [4.78, 5) is 15.9. The number of methoxy groups -OCH3 is 1. The number of piperidine rings is 1. The lowest BCUT2D eigenvalue weighted by Gasteiger charge is -2.45. The van der Waals surface area contributed by atoms with E-state index < -0.39 is 18.4 Å². The average Bonchev–Trinajstić information content (AvgIpc) is 3.03. The molecule has 3 rings (SSSR count). The number of halogens is 3. The van der Waals surface area contributed by atoms with Crippen molar-refractivity contribution >= 4 is 6.09 Å². The fourth-order valence-electron chi connectivity index (χ4n) is 4.20. The highest BCUT2D eigenvalue weighted by Gasteiger charge is 2.45. The van der Waals surface area contributed by atoms with Gasteiger partial charge < -0.3 is 14.4 Å². The van der Waals surface area contributed by atoms with Crippen LogP contribution in [0.4, 0.5) is 18.0 Å². The fourth-order valence-corrected chi connectivity index (χ4v) is 4.20. The lowest BCUT2D eigenvalue weighted by Crippen LogP contribution is -2.53. The van der Waals surface area contributed by atoms with Gasteiger partial charge in [-0.3, -0.25) is 4.90 Å². The summed E-state index contributed by atoms with van der Waals surface area (Å²) >= 11 is 0. The molecular formula is C20H27F3N2O3. The van der Waals surface area contributed by atoms with Gasteiger partial charge in [-0.2, -0.15) is 13.2 Å². The zero-order chi connectivity index (χ0) is 20.4. The van der Waals surface area contributed by atoms with Gasteiger partial charge in [-0.05, 0) is 56.8 Å². The lowest BCUT2D eigenvalue weighted by atomic mass is 9.85. The van der Waals surface area contributed by atoms with Crippen LogP contribution in [0.5, 0.6) is 5.75 Å². The van der Waals surface area contributed by atoms with Gasteiger partial charge in [0.15, 0.2) is 6.10 Å². The SMILES string of the molecule is COc1cccc(CN2CCCC23CCN(C(=O)OC(C)C(F)(F)F)CC3)c1. The first-order valence-corrected chi connectivity index (χ1v) is 9.64. The van der Waals surface area contributed by atoms with Gasteiger partial charge in [0.1, 0.15) is 5.75 Å². The molecule has 0 N–H and O–H groups in total. The number of nitrogens with zero attached hydrogens (tertiary/aromatic N) is 2. The number of hydrogen-bond donors (Lipinski definition) is 0. The maximum absolute atomic E-state index is 12.6. The number of amides is 1. The minimum Gasteiger partial charge on any atom is -0.497 e. The molecule has 2 heterocycles. The molecule has 1 atom stereocenters. The van der Waals surface area contributed by atoms with Crippen molar-refractivity contribution in [3.05, 3.63) is 29.8 Å². The maximum atomic E-state index is 12.6. The standard InChI is InChI=1S/C20H27F3N2O3/c1-15(20(21,22)23)28-18(26)24-11-8-19(9-12-24)7-4-10-25(19)14-16-5-3-6-17(13-16)27-2/h3,5-6,13,15H,4,7-12,14H2,1-2H3. The van der Waals surface area contributed by atoms with Crippen LogP contribution in [0.3, 0.4) is 0 Å². The third-order valence-electron chi connectivity index (χ3n) is 5.94. The number of alkyl halides is 3. The Labute approximate surface area is 163 Å². The molecule has 2 fully saturated rings. The van der Waals surface area contributed by atoms with Gasteiger partial charge in [-0.1, -0.05) is 12.1 Å². The molecule has 0 saturated carbocycles. The van der Waals surface area contributed by atoms with Gasteiger partial charge in [0.05, 0.1) is 7.11 Å². The van der Waals surface area contributed by atoms with Crippen molar-refractivity contribution in [1.82, 2.24) is 9.80 Å². The highest BCUT2D eigenvalue weighted by Crippen LogP contribution is 2.39. The Kier molecular flexibility index (Phi) is 6.07. The third-order valence-corrected chi connectivity index (χ3v) is 5.94. The summed E-state index contributed by atoms with van der Waals surface area (Å²) in [6.45, 7) is 3.46. The van der Waals surface area contributed by atoms with Gasteiger partial charge in [0.25, 0.3) is 0 Å². The minimum absolute atomic E-state index is 0.00446. The molecule has 28 heavy (non-hydrogen) atoms. The van der Waals surface area contributed by atoms with Crippen LogP contribution >= 0.6 is 0 Å². The second-order valence-corrected chi connectivity index (χ2v) is 7.66. The van der Waals surface area contributed by atoms with E-state index in [0.717, 1.165) is 51.4 Å². The average molecular weight is 400 g/mol. The van der Waals surface area contributed by atoms with Crippen molar-refractivity contribution in [3.8, 4) is 5.75 Å². The molecule has 1 aromatic rings. The van der Waals surface area contributed by atoms with Crippen LogP contribution in [0.1, 0.15) is 38.2 Å². The predicted octanol–water partition coefficient (Wildman–Crippen LogP) is 4.21. The summed E-state index contributed by atoms with van der Waals surface area (Å²) in [5, 5.41) is 0. The van der Waals surface area contributed by atoms with Gasteiger partial charge in [0.2, 0.25) is 0 Å². The number of rotatable bonds is 4. The molecule has 8 heteroatoms. The van der Waals surface area contributed by atoms with E-state index in [-0.39, 0.29) is 5.54 Å². The molecule has 5 nitrogen and oxygen atoms in total. The Bertz CT molecular complexity index is 688. The number of hydrogen-bond acceptors (Lipinski definition) is 4. The summed E-state index contributed by atoms with van der Waals surface area (Å²) in [5.74, 6) is 0.821. The van der Waals surface area contributed by atoms with Crippen molar-refractivity contribution in [2.75, 3.05) is 26.7 Å². The first-order valence-electron chi connectivity index (χ1n) is 9.64. The second-order valence-electron chi connectivity index (χ2n) is 7.66. The molecular weight excluding hydrogens is 373 g/mol. The van der Waals surface area contributed by atoms with Crippen molar-refractivity contribution in [3.63, 3.8) is 0 Å². The second kappa shape index (κ2) is 8.19. The molecule has 1 unspecified atom stereocenters. The monoisotopic (exact) mass is 400 g/mol. The van der Waals surface area contributed by atoms with E-state index in [1.807, 2.05) is 18.2 Å². The Morgan fingerprint density at radius 3 is 2.57 bits per heavy atom. The van der Waals surface area contributed by atoms with E-state index in [2.05, 4.69) is 15.7 Å². The van der Waals surface area contributed by atoms with Crippen molar-refractivity contribution in [1.29, 1.82) is 0 Å². The van der Waals surface area contributed by atoms with E-state index in [4.69, 9.17) is 4.74 Å². The molecule has 0 radical (unpaired) electrons. The van der Waals surface area contributed by atoms with Crippen LogP contribution in [-0.2, 0) is 11.3 Å². The van der Waals surface area contributed by atoms with Crippen LogP contribution < -0.4 is 4.74 Å². The highest BCUT2D eigenvalue weighted by molar-refractivity contribution is 5.68. The van der Waals surface area contributed by atoms with E-state index in [0.29, 0.717) is 13.1 Å². The number of likely N-dealkylation sites (tertiary alicyclic amines) is 2. The zero-order valence-corrected chi connectivity index (χ0v) is 16.3. The molecule has 2 aliphatic heterocycles.